The quantitative estimate of drug-likeness (QED) is 0.0218. The molecule has 0 spiro atoms. The van der Waals surface area contributed by atoms with E-state index < -0.39 is 31.9 Å². The minimum Gasteiger partial charge on any atom is -0.381 e. The van der Waals surface area contributed by atoms with Gasteiger partial charge in [0.25, 0.3) is 31.9 Å². The summed E-state index contributed by atoms with van der Waals surface area (Å²) in [6.07, 6.45) is 20.3. The molecular weight excluding hydrogens is 1560 g/mol. The van der Waals surface area contributed by atoms with Crippen LogP contribution in [-0.4, -0.2) is 201 Å². The SMILES string of the molecule is CCCN(CC)CC[C@H](CSc1ccccc1)Nc1ccc(S(=O)(=O)NC(=O)c2ccc(N3CCN(CC4=C(C56CC(C)(C5)C6)CC(C)(C)CC4)CC3)cc2)cc1C.CCCN1CCN(CC[C@H](CSc2ccccc2)Nc2ccc(S(=O)(=O)NC(=O)c3ccc(N4CCN(CC5=C(C67CC(C)(C6)C7)CC(C)(C)CC5)CC4)cc3)cc2C)CC1. The normalized spacial score (nSPS) is 24.4. The Labute approximate surface area is 723 Å². The smallest absolute Gasteiger partial charge is 0.264 e. The van der Waals surface area contributed by atoms with Crippen molar-refractivity contribution in [1.29, 1.82) is 0 Å². The van der Waals surface area contributed by atoms with Crippen molar-refractivity contribution in [3.8, 4) is 0 Å². The van der Waals surface area contributed by atoms with E-state index in [1.54, 1.807) is 59.7 Å². The van der Waals surface area contributed by atoms with E-state index in [4.69, 9.17) is 0 Å². The number of piperazine rings is 3. The van der Waals surface area contributed by atoms with Gasteiger partial charge in [0.2, 0.25) is 0 Å². The van der Waals surface area contributed by atoms with E-state index in [0.717, 1.165) is 182 Å². The van der Waals surface area contributed by atoms with Crippen LogP contribution in [-0.2, 0) is 20.0 Å². The maximum absolute atomic E-state index is 13.6. The third-order valence-electron chi connectivity index (χ3n) is 28.0. The van der Waals surface area contributed by atoms with Crippen LogP contribution in [0.3, 0.4) is 0 Å². The summed E-state index contributed by atoms with van der Waals surface area (Å²) in [7, 11) is -8.16. The van der Waals surface area contributed by atoms with Crippen molar-refractivity contribution in [2.45, 2.75) is 211 Å². The van der Waals surface area contributed by atoms with E-state index in [-0.39, 0.29) is 21.9 Å². The summed E-state index contributed by atoms with van der Waals surface area (Å²) >= 11 is 3.67. The number of nitrogens with one attached hydrogen (secondary N) is 4. The molecule has 2 amide bonds. The van der Waals surface area contributed by atoms with Crippen LogP contribution in [0.15, 0.2) is 187 Å². The van der Waals surface area contributed by atoms with Crippen LogP contribution in [0.1, 0.15) is 197 Å². The first-order valence-electron chi connectivity index (χ1n) is 44.9. The van der Waals surface area contributed by atoms with Gasteiger partial charge in [-0.15, -0.1) is 23.5 Å². The van der Waals surface area contributed by atoms with E-state index in [1.165, 1.54) is 99.8 Å². The molecule has 6 aromatic carbocycles. The van der Waals surface area contributed by atoms with Gasteiger partial charge in [0.05, 0.1) is 9.79 Å². The molecule has 3 heterocycles. The highest BCUT2D eigenvalue weighted by Gasteiger charge is 2.68. The van der Waals surface area contributed by atoms with Crippen molar-refractivity contribution in [3.05, 3.63) is 190 Å². The van der Waals surface area contributed by atoms with Crippen molar-refractivity contribution in [2.75, 3.05) is 156 Å². The number of thioether (sulfide) groups is 2. The fourth-order valence-corrected chi connectivity index (χ4v) is 25.6. The maximum Gasteiger partial charge on any atom is 0.264 e. The number of hydrogen-bond acceptors (Lipinski definition) is 17. The number of sulfonamides is 2. The molecule has 8 aliphatic carbocycles. The van der Waals surface area contributed by atoms with Crippen LogP contribution >= 0.6 is 23.5 Å². The number of aryl methyl sites for hydroxylation is 2. The Morgan fingerprint density at radius 2 is 0.840 bits per heavy atom. The molecule has 9 fully saturated rings. The molecule has 3 saturated heterocycles. The molecule has 6 aromatic rings. The summed E-state index contributed by atoms with van der Waals surface area (Å²) in [4.78, 5) is 46.9. The molecule has 6 saturated carbocycles. The molecule has 0 aromatic heterocycles. The number of carbonyl (C=O) groups excluding carboxylic acids is 2. The molecule has 4 bridgehead atoms. The molecule has 644 valence electrons. The number of rotatable bonds is 35. The van der Waals surface area contributed by atoms with E-state index >= 15 is 0 Å². The van der Waals surface area contributed by atoms with Crippen LogP contribution in [0.4, 0.5) is 22.7 Å². The zero-order valence-electron chi connectivity index (χ0n) is 73.4. The molecule has 11 aliphatic rings. The van der Waals surface area contributed by atoms with Crippen molar-refractivity contribution < 1.29 is 26.4 Å². The first-order chi connectivity index (χ1) is 56.9. The summed E-state index contributed by atoms with van der Waals surface area (Å²) in [6, 6.07) is 46.2. The minimum atomic E-state index is -4.08. The Morgan fingerprint density at radius 3 is 1.21 bits per heavy atom. The van der Waals surface area contributed by atoms with E-state index in [0.29, 0.717) is 43.6 Å². The first kappa shape index (κ1) is 88.6. The molecule has 0 unspecified atom stereocenters. The van der Waals surface area contributed by atoms with Gasteiger partial charge in [-0.3, -0.25) is 19.4 Å². The van der Waals surface area contributed by atoms with Gasteiger partial charge in [-0.1, -0.05) is 121 Å². The van der Waals surface area contributed by atoms with Crippen LogP contribution in [0, 0.1) is 46.3 Å². The summed E-state index contributed by atoms with van der Waals surface area (Å²) < 4.78 is 58.7. The molecular formula is C98H137N11O6S4. The number of carbonyl (C=O) groups is 2. The number of nitrogens with zero attached hydrogens (tertiary/aromatic N) is 7. The number of hydrogen-bond donors (Lipinski definition) is 4. The molecule has 17 rings (SSSR count). The van der Waals surface area contributed by atoms with Crippen molar-refractivity contribution >= 4 is 78.1 Å². The Kier molecular flexibility index (Phi) is 28.2. The zero-order chi connectivity index (χ0) is 84.0. The van der Waals surface area contributed by atoms with Crippen LogP contribution in [0.25, 0.3) is 0 Å². The molecule has 0 radical (unpaired) electrons. The highest BCUT2D eigenvalue weighted by atomic mass is 32.2. The fraction of sp³-hybridized carbons (Fsp3) is 0.571. The number of amides is 2. The van der Waals surface area contributed by atoms with Crippen molar-refractivity contribution in [1.82, 2.24) is 33.9 Å². The Morgan fingerprint density at radius 1 is 0.454 bits per heavy atom. The van der Waals surface area contributed by atoms with E-state index in [9.17, 15) is 26.4 Å². The Balaban J connectivity index is 0.000000196. The van der Waals surface area contributed by atoms with Gasteiger partial charge in [-0.2, -0.15) is 0 Å². The number of benzene rings is 6. The zero-order valence-corrected chi connectivity index (χ0v) is 76.7. The minimum absolute atomic E-state index is 0.0759. The summed E-state index contributed by atoms with van der Waals surface area (Å²) in [5, 5.41) is 7.47. The second kappa shape index (κ2) is 37.8. The molecule has 21 heteroatoms. The summed E-state index contributed by atoms with van der Waals surface area (Å²) in [6.45, 7) is 45.0. The van der Waals surface area contributed by atoms with Crippen LogP contribution < -0.4 is 29.9 Å². The van der Waals surface area contributed by atoms with Crippen molar-refractivity contribution in [3.63, 3.8) is 0 Å². The van der Waals surface area contributed by atoms with Gasteiger partial charge in [-0.25, -0.2) is 26.3 Å². The molecule has 3 aliphatic heterocycles. The molecule has 2 atom stereocenters. The average molecular weight is 1690 g/mol. The van der Waals surface area contributed by atoms with E-state index in [2.05, 4.69) is 165 Å². The second-order valence-electron chi connectivity index (χ2n) is 39.2. The average Bonchev–Trinajstić information content (AvgIpc) is 0.679. The lowest BCUT2D eigenvalue weighted by molar-refractivity contribution is -0.167. The fourth-order valence-electron chi connectivity index (χ4n) is 21.5. The van der Waals surface area contributed by atoms with Gasteiger partial charge >= 0.3 is 0 Å². The van der Waals surface area contributed by atoms with Gasteiger partial charge in [-0.05, 0) is 289 Å². The molecule has 17 nitrogen and oxygen atoms in total. The Hall–Kier alpha value is -6.66. The topological polar surface area (TPSA) is 173 Å². The third-order valence-corrected chi connectivity index (χ3v) is 33.0. The highest BCUT2D eigenvalue weighted by molar-refractivity contribution is 7.99. The summed E-state index contributed by atoms with van der Waals surface area (Å²) in [5.41, 5.74) is 16.5. The van der Waals surface area contributed by atoms with Crippen LogP contribution in [0.5, 0.6) is 0 Å². The summed E-state index contributed by atoms with van der Waals surface area (Å²) in [5.74, 6) is 0.528. The largest absolute Gasteiger partial charge is 0.381 e. The lowest BCUT2D eigenvalue weighted by Gasteiger charge is -2.72. The van der Waals surface area contributed by atoms with Crippen molar-refractivity contribution in [2.24, 2.45) is 32.5 Å². The van der Waals surface area contributed by atoms with Gasteiger partial charge < -0.3 is 35.1 Å². The number of allylic oxidation sites excluding steroid dienone is 2. The predicted molar refractivity (Wildman–Crippen MR) is 494 cm³/mol. The van der Waals surface area contributed by atoms with E-state index in [1.807, 2.05) is 97.0 Å². The van der Waals surface area contributed by atoms with Gasteiger partial charge in [0, 0.05) is 172 Å². The van der Waals surface area contributed by atoms with Crippen LogP contribution in [0.2, 0.25) is 0 Å². The Bertz CT molecular complexity index is 4740. The van der Waals surface area contributed by atoms with Gasteiger partial charge in [0.15, 0.2) is 0 Å². The standard InChI is InChI=1S/C50H70N6O3S2.C48H67N5O3S2/c1-6-21-53-23-25-54(26-24-53)22-19-41(34-60-43-10-8-7-9-11-43)51-46-17-16-44(31-38(46)2)61(58,59)52-47(57)39-12-14-42(15-13-39)56-29-27-55(28-30-56)33-40-18-20-48(3,4)32-45(40)50-35-49(5,36-50)37-50;1-7-23-51(8-2)24-21-39(32-57-41-12-10-9-11-13-41)49-44-19-18-42(29-36(44)3)58(55,56)50-45(54)37-14-16-40(17-15-37)53-27-25-52(26-28-53)31-38-20-22-46(4,5)30-43(38)48-33-47(6,34-48)35-48/h7-17,31,41,51H,6,18-30,32-37H2,1-5H3,(H,52,57);9-19,29,39,49H,7-8,20-28,30-35H2,1-6H3,(H,50,54)/t41-,49?,50?;39-,47?,48?/m11/s1. The lowest BCUT2D eigenvalue weighted by Crippen LogP contribution is -2.61. The molecule has 119 heavy (non-hydrogen) atoms. The highest BCUT2D eigenvalue weighted by Crippen LogP contribution is 2.79. The predicted octanol–water partition coefficient (Wildman–Crippen LogP) is 18.6. The lowest BCUT2D eigenvalue weighted by atomic mass is 9.33. The maximum atomic E-state index is 13.6. The molecule has 4 N–H and O–H groups in total. The first-order valence-corrected chi connectivity index (χ1v) is 49.8. The monoisotopic (exact) mass is 1690 g/mol. The second-order valence-corrected chi connectivity index (χ2v) is 44.7. The number of anilines is 4. The third kappa shape index (κ3) is 22.1. The van der Waals surface area contributed by atoms with Gasteiger partial charge in [0.1, 0.15) is 0 Å².